The van der Waals surface area contributed by atoms with Crippen molar-refractivity contribution >= 4 is 16.3 Å². The quantitative estimate of drug-likeness (QED) is 0.0393. The summed E-state index contributed by atoms with van der Waals surface area (Å²) in [5, 5.41) is 22.9. The van der Waals surface area contributed by atoms with Crippen molar-refractivity contribution in [3.8, 4) is 0 Å². The summed E-state index contributed by atoms with van der Waals surface area (Å²) in [5.74, 6) is -0.383. The van der Waals surface area contributed by atoms with Gasteiger partial charge in [-0.2, -0.15) is 0 Å². The number of hydrogen-bond donors (Lipinski definition) is 3. The van der Waals surface area contributed by atoms with Crippen LogP contribution in [-0.2, 0) is 28.9 Å². The fraction of sp³-hybridized carbons (Fsp3) is 0.906. The van der Waals surface area contributed by atoms with Gasteiger partial charge in [0, 0.05) is 13.0 Å². The number of carbonyl (C=O) groups excluding carboxylic acids is 1. The normalized spacial score (nSPS) is 22.2. The first-order valence-corrected chi connectivity index (χ1v) is 18.2. The molecular weight excluding hydrogens is 614 g/mol. The number of nitrogens with one attached hydrogen (secondary N) is 1. The van der Waals surface area contributed by atoms with Crippen LogP contribution in [0.15, 0.2) is 12.2 Å². The third-order valence-corrected chi connectivity index (χ3v) is 8.31. The summed E-state index contributed by atoms with van der Waals surface area (Å²) in [4.78, 5) is 12.8. The Morgan fingerprint density at radius 3 is 1.86 bits per heavy atom. The number of aliphatic hydroxyl groups is 2. The Balaban J connectivity index is 0.0000185. The van der Waals surface area contributed by atoms with Crippen LogP contribution in [0.3, 0.4) is 0 Å². The average Bonchev–Trinajstić information content (AvgIpc) is 2.96. The van der Waals surface area contributed by atoms with Crippen molar-refractivity contribution in [1.29, 1.82) is 0 Å². The number of amides is 1. The number of hydrogen-bond acceptors (Lipinski definition) is 9. The molecule has 1 fully saturated rings. The summed E-state index contributed by atoms with van der Waals surface area (Å²) in [6.07, 6.45) is 20.0. The van der Waals surface area contributed by atoms with E-state index in [-0.39, 0.29) is 70.3 Å². The Morgan fingerprint density at radius 1 is 0.841 bits per heavy atom. The molecule has 0 bridgehead atoms. The van der Waals surface area contributed by atoms with Crippen molar-refractivity contribution in [3.63, 3.8) is 0 Å². The fourth-order valence-corrected chi connectivity index (χ4v) is 5.82. The van der Waals surface area contributed by atoms with Crippen LogP contribution in [0.1, 0.15) is 142 Å². The van der Waals surface area contributed by atoms with Crippen LogP contribution in [-0.4, -0.2) is 72.9 Å². The first-order valence-electron chi connectivity index (χ1n) is 16.9. The van der Waals surface area contributed by atoms with Gasteiger partial charge in [-0.15, -0.1) is 0 Å². The molecule has 0 spiro atoms. The second-order valence-electron chi connectivity index (χ2n) is 11.8. The molecule has 3 N–H and O–H groups in total. The Bertz CT molecular complexity index is 831. The number of ether oxygens (including phenoxy) is 2. The molecule has 0 saturated carbocycles. The predicted molar refractivity (Wildman–Crippen MR) is 167 cm³/mol. The molecular formula is C32H60KNO9S. The maximum Gasteiger partial charge on any atom is 1.00 e. The van der Waals surface area contributed by atoms with Gasteiger partial charge in [-0.3, -0.25) is 8.98 Å². The van der Waals surface area contributed by atoms with Gasteiger partial charge in [0.05, 0.1) is 6.61 Å². The van der Waals surface area contributed by atoms with Gasteiger partial charge < -0.3 is 29.6 Å². The first-order chi connectivity index (χ1) is 20.7. The van der Waals surface area contributed by atoms with Crippen LogP contribution in [0.2, 0.25) is 0 Å². The number of allylic oxidation sites excluding steroid dienone is 2. The first kappa shape index (κ1) is 44.6. The predicted octanol–water partition coefficient (Wildman–Crippen LogP) is 2.81. The Morgan fingerprint density at radius 2 is 1.34 bits per heavy atom. The van der Waals surface area contributed by atoms with Crippen molar-refractivity contribution in [2.75, 3.05) is 13.2 Å². The number of aliphatic hydroxyl groups excluding tert-OH is 2. The molecule has 1 saturated heterocycles. The zero-order valence-electron chi connectivity index (χ0n) is 27.8. The number of unbranched alkanes of at least 4 members (excludes halogenated alkanes) is 16. The maximum absolute atomic E-state index is 12.8. The van der Waals surface area contributed by atoms with E-state index in [1.807, 2.05) is 0 Å². The van der Waals surface area contributed by atoms with E-state index in [1.54, 1.807) is 0 Å². The summed E-state index contributed by atoms with van der Waals surface area (Å²) in [6, 6.07) is -1.24. The summed E-state index contributed by atoms with van der Waals surface area (Å²) in [5.41, 5.74) is 0. The molecule has 1 heterocycles. The molecule has 5 atom stereocenters. The zero-order valence-corrected chi connectivity index (χ0v) is 31.7. The molecule has 0 aromatic heterocycles. The number of rotatable bonds is 27. The summed E-state index contributed by atoms with van der Waals surface area (Å²) < 4.78 is 50.5. The van der Waals surface area contributed by atoms with E-state index in [0.29, 0.717) is 6.42 Å². The van der Waals surface area contributed by atoms with Crippen LogP contribution in [0.25, 0.3) is 0 Å². The van der Waals surface area contributed by atoms with E-state index in [9.17, 15) is 28.0 Å². The van der Waals surface area contributed by atoms with E-state index in [0.717, 1.165) is 77.0 Å². The van der Waals surface area contributed by atoms with E-state index < -0.39 is 47.6 Å². The third-order valence-electron chi connectivity index (χ3n) is 7.86. The fourth-order valence-electron chi connectivity index (χ4n) is 5.31. The second kappa shape index (κ2) is 28.6. The smallest absolute Gasteiger partial charge is 0.726 e. The van der Waals surface area contributed by atoms with Gasteiger partial charge in [0.15, 0.2) is 6.29 Å². The van der Waals surface area contributed by atoms with Crippen molar-refractivity contribution in [2.24, 2.45) is 0 Å². The molecule has 0 unspecified atom stereocenters. The summed E-state index contributed by atoms with van der Waals surface area (Å²) in [7, 11) is -5.22. The summed E-state index contributed by atoms with van der Waals surface area (Å²) in [6.45, 7) is 4.00. The van der Waals surface area contributed by atoms with E-state index in [4.69, 9.17) is 9.47 Å². The van der Waals surface area contributed by atoms with Crippen LogP contribution >= 0.6 is 0 Å². The van der Waals surface area contributed by atoms with Gasteiger partial charge in [-0.25, -0.2) is 8.42 Å². The van der Waals surface area contributed by atoms with Crippen molar-refractivity contribution < 1.29 is 93.0 Å². The molecule has 1 rings (SSSR count). The topological polar surface area (TPSA) is 154 Å². The average molecular weight is 674 g/mol. The monoisotopic (exact) mass is 673 g/mol. The van der Waals surface area contributed by atoms with E-state index >= 15 is 0 Å². The Hall–Kier alpha value is 0.556. The van der Waals surface area contributed by atoms with Gasteiger partial charge in [0.25, 0.3) is 0 Å². The minimum absolute atomic E-state index is 0. The minimum Gasteiger partial charge on any atom is -0.726 e. The zero-order chi connectivity index (χ0) is 31.8. The van der Waals surface area contributed by atoms with Gasteiger partial charge >= 0.3 is 51.4 Å². The molecule has 10 nitrogen and oxygen atoms in total. The third kappa shape index (κ3) is 22.2. The minimum atomic E-state index is -5.22. The molecule has 12 heteroatoms. The van der Waals surface area contributed by atoms with Crippen LogP contribution in [0.5, 0.6) is 0 Å². The van der Waals surface area contributed by atoms with Crippen molar-refractivity contribution in [2.45, 2.75) is 173 Å². The van der Waals surface area contributed by atoms with Crippen LogP contribution in [0, 0.1) is 0 Å². The second-order valence-corrected chi connectivity index (χ2v) is 12.8. The molecule has 0 radical (unpaired) electrons. The molecule has 1 amide bonds. The Labute approximate surface area is 310 Å². The standard InChI is InChI=1S/C32H61NO9S.K/c1-3-5-7-9-11-12-13-14-15-16-17-18-19-20-22-24-28(35)33-29-31(42-43(37,38)39)30(36)27(26-34)41-32(29)40-25-23-21-10-8-6-4-2;/h14-15,27,29-32,34,36H,3-13,16-26H2,1-2H3,(H,33,35)(H,37,38,39);/q;+1/p-1/b15-14-;/t27-,29-,30-,31-,32+;/m1./s1. The largest absolute Gasteiger partial charge is 1.00 e. The molecule has 1 aliphatic rings. The van der Waals surface area contributed by atoms with Gasteiger partial charge in [-0.1, -0.05) is 109 Å². The van der Waals surface area contributed by atoms with E-state index in [2.05, 4.69) is 35.5 Å². The molecule has 0 aromatic carbocycles. The maximum atomic E-state index is 12.8. The van der Waals surface area contributed by atoms with Crippen LogP contribution in [0.4, 0.5) is 0 Å². The van der Waals surface area contributed by atoms with Crippen molar-refractivity contribution in [3.05, 3.63) is 12.2 Å². The van der Waals surface area contributed by atoms with Crippen molar-refractivity contribution in [1.82, 2.24) is 5.32 Å². The molecule has 0 aromatic rings. The molecule has 254 valence electrons. The van der Waals surface area contributed by atoms with Crippen LogP contribution < -0.4 is 56.7 Å². The molecule has 0 aliphatic carbocycles. The van der Waals surface area contributed by atoms with E-state index in [1.165, 1.54) is 38.5 Å². The molecule has 44 heavy (non-hydrogen) atoms. The van der Waals surface area contributed by atoms with Gasteiger partial charge in [0.2, 0.25) is 16.3 Å². The SMILES string of the molecule is CCCCCCCC/C=C\CCCCCCCC(=O)N[C@H]1[C@@H](OCCCCCCCC)O[C@H](CO)[C@@H](O)[C@@H]1OS(=O)(=O)[O-].[K+]. The summed E-state index contributed by atoms with van der Waals surface area (Å²) >= 11 is 0. The van der Waals surface area contributed by atoms with Gasteiger partial charge in [0.1, 0.15) is 24.4 Å². The molecule has 1 aliphatic heterocycles. The van der Waals surface area contributed by atoms with Gasteiger partial charge in [-0.05, 0) is 38.5 Å². The number of carbonyl (C=O) groups is 1. The Kier molecular flexibility index (Phi) is 28.9.